The molecule has 1 nitrogen and oxygen atoms in total. The third-order valence-corrected chi connectivity index (χ3v) is 4.09. The molecule has 17 heavy (non-hydrogen) atoms. The van der Waals surface area contributed by atoms with E-state index in [0.29, 0.717) is 0 Å². The normalized spacial score (nSPS) is 17.6. The summed E-state index contributed by atoms with van der Waals surface area (Å²) in [6.07, 6.45) is -3.96. The van der Waals surface area contributed by atoms with Gasteiger partial charge in [-0.3, -0.25) is 4.99 Å². The molecular weight excluding hydrogens is 322 g/mol. The molecule has 0 aromatic carbocycles. The number of nitrogens with zero attached hydrogens (tertiary/aromatic N) is 1. The molecule has 1 aliphatic rings. The largest absolute Gasteiger partial charge is 0.394 e. The van der Waals surface area contributed by atoms with Crippen molar-refractivity contribution < 1.29 is 17.6 Å². The fourth-order valence-electron chi connectivity index (χ4n) is 1.32. The Kier molecular flexibility index (Phi) is 3.58. The van der Waals surface area contributed by atoms with E-state index in [-0.39, 0.29) is 21.1 Å². The van der Waals surface area contributed by atoms with Crippen LogP contribution in [0, 0.1) is 5.82 Å². The number of hydrogen-bond acceptors (Lipinski definition) is 2. The zero-order valence-electron chi connectivity index (χ0n) is 8.52. The van der Waals surface area contributed by atoms with E-state index >= 15 is 0 Å². The molecule has 94 valence electrons. The maximum Gasteiger partial charge on any atom is 0.394 e. The van der Waals surface area contributed by atoms with Crippen LogP contribution in [0.4, 0.5) is 17.6 Å². The Morgan fingerprint density at radius 2 is 2.12 bits per heavy atom. The van der Waals surface area contributed by atoms with Crippen molar-refractivity contribution in [3.05, 3.63) is 20.5 Å². The first-order valence-corrected chi connectivity index (χ1v) is 6.60. The van der Waals surface area contributed by atoms with Crippen molar-refractivity contribution in [3.63, 3.8) is 0 Å². The topological polar surface area (TPSA) is 12.4 Å². The number of halogens is 5. The molecule has 1 fully saturated rings. The molecule has 0 N–H and O–H groups in total. The molecule has 0 saturated heterocycles. The van der Waals surface area contributed by atoms with E-state index in [1.807, 2.05) is 0 Å². The van der Waals surface area contributed by atoms with Crippen LogP contribution in [0.3, 0.4) is 0 Å². The molecule has 1 aromatic heterocycles. The second-order valence-corrected chi connectivity index (χ2v) is 5.56. The van der Waals surface area contributed by atoms with Crippen molar-refractivity contribution in [2.45, 2.75) is 31.5 Å². The van der Waals surface area contributed by atoms with E-state index in [2.05, 4.69) is 20.9 Å². The van der Waals surface area contributed by atoms with Gasteiger partial charge in [-0.15, -0.1) is 11.3 Å². The van der Waals surface area contributed by atoms with Gasteiger partial charge in [0.05, 0.1) is 27.5 Å². The van der Waals surface area contributed by atoms with Crippen molar-refractivity contribution in [1.82, 2.24) is 0 Å². The highest BCUT2D eigenvalue weighted by molar-refractivity contribution is 9.10. The van der Waals surface area contributed by atoms with Crippen LogP contribution in [-0.4, -0.2) is 17.9 Å². The molecule has 0 amide bonds. The minimum atomic E-state index is -4.36. The summed E-state index contributed by atoms with van der Waals surface area (Å²) < 4.78 is 50.9. The zero-order valence-corrected chi connectivity index (χ0v) is 10.9. The van der Waals surface area contributed by atoms with Gasteiger partial charge in [0, 0.05) is 5.38 Å². The minimum Gasteiger partial charge on any atom is -0.285 e. The van der Waals surface area contributed by atoms with Crippen LogP contribution >= 0.6 is 27.3 Å². The van der Waals surface area contributed by atoms with Gasteiger partial charge < -0.3 is 0 Å². The smallest absolute Gasteiger partial charge is 0.285 e. The Balaban J connectivity index is 2.30. The maximum absolute atomic E-state index is 13.6. The van der Waals surface area contributed by atoms with Crippen molar-refractivity contribution in [2.75, 3.05) is 0 Å². The monoisotopic (exact) mass is 329 g/mol. The lowest BCUT2D eigenvalue weighted by Crippen LogP contribution is -2.16. The predicted molar refractivity (Wildman–Crippen MR) is 62.2 cm³/mol. The van der Waals surface area contributed by atoms with Gasteiger partial charge >= 0.3 is 6.18 Å². The van der Waals surface area contributed by atoms with Gasteiger partial charge in [0.2, 0.25) is 0 Å². The molecule has 1 aliphatic carbocycles. The number of rotatable bonds is 3. The summed E-state index contributed by atoms with van der Waals surface area (Å²) in [6.45, 7) is 0. The number of alkyl halides is 3. The summed E-state index contributed by atoms with van der Waals surface area (Å²) >= 11 is 3.89. The van der Waals surface area contributed by atoms with Crippen molar-refractivity contribution in [3.8, 4) is 0 Å². The van der Waals surface area contributed by atoms with Crippen LogP contribution in [0.25, 0.3) is 0 Å². The molecule has 0 spiro atoms. The maximum atomic E-state index is 13.6. The quantitative estimate of drug-likeness (QED) is 0.569. The zero-order chi connectivity index (χ0) is 12.6. The third-order valence-electron chi connectivity index (χ3n) is 2.20. The van der Waals surface area contributed by atoms with Gasteiger partial charge in [0.25, 0.3) is 0 Å². The third kappa shape index (κ3) is 3.51. The van der Waals surface area contributed by atoms with Gasteiger partial charge in [0.1, 0.15) is 0 Å². The van der Waals surface area contributed by atoms with E-state index in [1.165, 1.54) is 5.38 Å². The molecule has 0 unspecified atom stereocenters. The first-order chi connectivity index (χ1) is 7.87. The van der Waals surface area contributed by atoms with Crippen molar-refractivity contribution >= 4 is 33.0 Å². The lowest BCUT2D eigenvalue weighted by molar-refractivity contribution is -0.121. The highest BCUT2D eigenvalue weighted by atomic mass is 79.9. The van der Waals surface area contributed by atoms with Crippen molar-refractivity contribution in [1.29, 1.82) is 0 Å². The number of aliphatic imine (C=N–C) groups is 1. The molecule has 0 radical (unpaired) electrons. The molecule has 0 atom stereocenters. The number of thiophene rings is 1. The summed E-state index contributed by atoms with van der Waals surface area (Å²) in [5.74, 6) is -0.654. The summed E-state index contributed by atoms with van der Waals surface area (Å²) in [5.41, 5.74) is -0.187. The molecule has 2 rings (SSSR count). The van der Waals surface area contributed by atoms with Gasteiger partial charge in [-0.1, -0.05) is 0 Å². The second kappa shape index (κ2) is 4.68. The van der Waals surface area contributed by atoms with Gasteiger partial charge in [-0.25, -0.2) is 4.39 Å². The van der Waals surface area contributed by atoms with E-state index < -0.39 is 18.4 Å². The number of hydrogen-bond donors (Lipinski definition) is 0. The minimum absolute atomic E-state index is 0.0129. The summed E-state index contributed by atoms with van der Waals surface area (Å²) in [4.78, 5) is 3.95. The first-order valence-electron chi connectivity index (χ1n) is 4.93. The Morgan fingerprint density at radius 3 is 2.53 bits per heavy atom. The van der Waals surface area contributed by atoms with Crippen LogP contribution in [0.2, 0.25) is 0 Å². The highest BCUT2D eigenvalue weighted by Crippen LogP contribution is 2.33. The van der Waals surface area contributed by atoms with E-state index in [4.69, 9.17) is 0 Å². The lowest BCUT2D eigenvalue weighted by Gasteiger charge is -2.08. The van der Waals surface area contributed by atoms with Gasteiger partial charge in [-0.05, 0) is 28.8 Å². The highest BCUT2D eigenvalue weighted by Gasteiger charge is 2.33. The fourth-order valence-corrected chi connectivity index (χ4v) is 2.72. The second-order valence-electron chi connectivity index (χ2n) is 3.83. The Labute approximate surface area is 108 Å². The predicted octanol–water partition coefficient (Wildman–Crippen LogP) is 4.55. The van der Waals surface area contributed by atoms with Gasteiger partial charge in [-0.2, -0.15) is 13.2 Å². The Bertz CT molecular complexity index is 448. The van der Waals surface area contributed by atoms with Crippen LogP contribution < -0.4 is 0 Å². The van der Waals surface area contributed by atoms with Crippen molar-refractivity contribution in [2.24, 2.45) is 4.99 Å². The summed E-state index contributed by atoms with van der Waals surface area (Å²) in [5, 5.41) is 1.43. The first kappa shape index (κ1) is 13.0. The van der Waals surface area contributed by atoms with Crippen LogP contribution in [0.15, 0.2) is 14.8 Å². The molecule has 1 saturated carbocycles. The standard InChI is InChI=1S/C10H8BrF4NS/c11-6-4-17-9(8(6)12)7(3-10(13,14)15)16-5-1-2-5/h4-5H,1-3H2/b16-7-. The summed E-state index contributed by atoms with van der Waals surface area (Å²) in [7, 11) is 0. The molecule has 0 aliphatic heterocycles. The van der Waals surface area contributed by atoms with E-state index in [0.717, 1.165) is 24.2 Å². The molecular formula is C10H8BrF4NS. The van der Waals surface area contributed by atoms with Crippen LogP contribution in [0.5, 0.6) is 0 Å². The van der Waals surface area contributed by atoms with Gasteiger partial charge in [0.15, 0.2) is 5.82 Å². The lowest BCUT2D eigenvalue weighted by atomic mass is 10.2. The van der Waals surface area contributed by atoms with Crippen LogP contribution in [0.1, 0.15) is 24.1 Å². The average molecular weight is 330 g/mol. The fraction of sp³-hybridized carbons (Fsp3) is 0.500. The SMILES string of the molecule is Fc1c(Br)csc1/C(CC(F)(F)F)=N\C1CC1. The molecule has 1 heterocycles. The van der Waals surface area contributed by atoms with E-state index in [9.17, 15) is 17.6 Å². The Hall–Kier alpha value is -0.430. The molecule has 7 heteroatoms. The average Bonchev–Trinajstić information content (AvgIpc) is 2.93. The molecule has 1 aromatic rings. The van der Waals surface area contributed by atoms with Crippen LogP contribution in [-0.2, 0) is 0 Å². The van der Waals surface area contributed by atoms with E-state index in [1.54, 1.807) is 0 Å². The molecule has 0 bridgehead atoms. The Morgan fingerprint density at radius 1 is 1.47 bits per heavy atom. The summed E-state index contributed by atoms with van der Waals surface area (Å²) in [6, 6.07) is -0.0624.